The molecule has 2 rings (SSSR count). The predicted octanol–water partition coefficient (Wildman–Crippen LogP) is 1.49. The van der Waals surface area contributed by atoms with E-state index in [1.54, 1.807) is 0 Å². The predicted molar refractivity (Wildman–Crippen MR) is 66.7 cm³/mol. The number of hydrogen-bond donors (Lipinski definition) is 1. The van der Waals surface area contributed by atoms with E-state index in [-0.39, 0.29) is 0 Å². The molecular weight excluding hydrogens is 200 g/mol. The van der Waals surface area contributed by atoms with Gasteiger partial charge in [-0.25, -0.2) is 0 Å². The Bertz CT molecular complexity index is 208. The summed E-state index contributed by atoms with van der Waals surface area (Å²) in [5.41, 5.74) is 0. The zero-order chi connectivity index (χ0) is 11.4. The summed E-state index contributed by atoms with van der Waals surface area (Å²) in [6, 6.07) is 1.59. The van der Waals surface area contributed by atoms with Gasteiger partial charge >= 0.3 is 0 Å². The molecule has 0 bridgehead atoms. The molecule has 3 heteroatoms. The van der Waals surface area contributed by atoms with Crippen molar-refractivity contribution in [1.29, 1.82) is 0 Å². The maximum Gasteiger partial charge on any atom is 0.0502 e. The fraction of sp³-hybridized carbons (Fsp3) is 1.00. The van der Waals surface area contributed by atoms with E-state index in [1.807, 2.05) is 7.11 Å². The Morgan fingerprint density at radius 3 is 2.88 bits per heavy atom. The first-order valence-corrected chi connectivity index (χ1v) is 6.73. The second-order valence-corrected chi connectivity index (χ2v) is 5.41. The topological polar surface area (TPSA) is 24.5 Å². The van der Waals surface area contributed by atoms with Gasteiger partial charge in [0.2, 0.25) is 0 Å². The summed E-state index contributed by atoms with van der Waals surface area (Å²) in [5, 5.41) is 3.42. The van der Waals surface area contributed by atoms with E-state index in [0.29, 0.717) is 0 Å². The second-order valence-electron chi connectivity index (χ2n) is 5.41. The third kappa shape index (κ3) is 2.96. The molecule has 0 radical (unpaired) electrons. The van der Waals surface area contributed by atoms with Crippen LogP contribution in [0.15, 0.2) is 0 Å². The molecule has 0 spiro atoms. The Labute approximate surface area is 99.5 Å². The van der Waals surface area contributed by atoms with Crippen molar-refractivity contribution in [3.05, 3.63) is 0 Å². The van der Waals surface area contributed by atoms with Crippen LogP contribution in [-0.2, 0) is 4.74 Å². The first-order chi connectivity index (χ1) is 7.83. The third-order valence-electron chi connectivity index (χ3n) is 4.28. The quantitative estimate of drug-likeness (QED) is 0.786. The van der Waals surface area contributed by atoms with Crippen LogP contribution in [0.3, 0.4) is 0 Å². The van der Waals surface area contributed by atoms with Crippen LogP contribution >= 0.6 is 0 Å². The lowest BCUT2D eigenvalue weighted by atomic mass is 9.97. The summed E-state index contributed by atoms with van der Waals surface area (Å²) in [5.74, 6) is 0.771. The number of rotatable bonds is 4. The van der Waals surface area contributed by atoms with Gasteiger partial charge in [0.15, 0.2) is 0 Å². The van der Waals surface area contributed by atoms with E-state index in [0.717, 1.165) is 24.6 Å². The standard InChI is InChI=1S/C13H26N2O/c1-14-12-5-6-13(8-12)15-7-3-4-11(9-15)10-16-2/h11-14H,3-10H2,1-2H3. The summed E-state index contributed by atoms with van der Waals surface area (Å²) in [7, 11) is 3.92. The van der Waals surface area contributed by atoms with Crippen LogP contribution in [0.4, 0.5) is 0 Å². The molecule has 1 aliphatic heterocycles. The van der Waals surface area contributed by atoms with Gasteiger partial charge in [0.05, 0.1) is 6.61 Å². The Morgan fingerprint density at radius 1 is 1.31 bits per heavy atom. The van der Waals surface area contributed by atoms with Crippen molar-refractivity contribution in [3.63, 3.8) is 0 Å². The number of nitrogens with zero attached hydrogens (tertiary/aromatic N) is 1. The van der Waals surface area contributed by atoms with Crippen molar-refractivity contribution in [2.45, 2.75) is 44.2 Å². The molecule has 3 nitrogen and oxygen atoms in total. The van der Waals surface area contributed by atoms with Gasteiger partial charge in [0, 0.05) is 25.7 Å². The highest BCUT2D eigenvalue weighted by Crippen LogP contribution is 2.28. The van der Waals surface area contributed by atoms with Crippen molar-refractivity contribution in [3.8, 4) is 0 Å². The van der Waals surface area contributed by atoms with Gasteiger partial charge in [0.25, 0.3) is 0 Å². The van der Waals surface area contributed by atoms with Crippen molar-refractivity contribution < 1.29 is 4.74 Å². The van der Waals surface area contributed by atoms with Crippen LogP contribution in [-0.4, -0.2) is 50.8 Å². The van der Waals surface area contributed by atoms with Crippen LogP contribution in [0.1, 0.15) is 32.1 Å². The molecule has 3 unspecified atom stereocenters. The average molecular weight is 226 g/mol. The maximum absolute atomic E-state index is 5.30. The monoisotopic (exact) mass is 226 g/mol. The fourth-order valence-electron chi connectivity index (χ4n) is 3.35. The minimum atomic E-state index is 0.757. The van der Waals surface area contributed by atoms with Gasteiger partial charge in [-0.15, -0.1) is 0 Å². The lowest BCUT2D eigenvalue weighted by Crippen LogP contribution is -2.43. The van der Waals surface area contributed by atoms with E-state index < -0.39 is 0 Å². The molecule has 94 valence electrons. The molecule has 1 saturated heterocycles. The van der Waals surface area contributed by atoms with Crippen LogP contribution in [0.5, 0.6) is 0 Å². The molecule has 1 saturated carbocycles. The fourth-order valence-corrected chi connectivity index (χ4v) is 3.35. The van der Waals surface area contributed by atoms with Gasteiger partial charge in [-0.3, -0.25) is 4.90 Å². The highest BCUT2D eigenvalue weighted by molar-refractivity contribution is 4.88. The smallest absolute Gasteiger partial charge is 0.0502 e. The zero-order valence-corrected chi connectivity index (χ0v) is 10.7. The van der Waals surface area contributed by atoms with Crippen LogP contribution in [0.25, 0.3) is 0 Å². The second kappa shape index (κ2) is 5.99. The molecule has 0 aromatic carbocycles. The lowest BCUT2D eigenvalue weighted by Gasteiger charge is -2.36. The van der Waals surface area contributed by atoms with Crippen molar-refractivity contribution in [2.75, 3.05) is 33.9 Å². The van der Waals surface area contributed by atoms with Gasteiger partial charge in [-0.1, -0.05) is 0 Å². The highest BCUT2D eigenvalue weighted by atomic mass is 16.5. The summed E-state index contributed by atoms with van der Waals surface area (Å²) < 4.78 is 5.30. The Morgan fingerprint density at radius 2 is 2.19 bits per heavy atom. The Balaban J connectivity index is 1.80. The molecule has 0 aromatic heterocycles. The van der Waals surface area contributed by atoms with Crippen LogP contribution in [0, 0.1) is 5.92 Å². The molecule has 1 N–H and O–H groups in total. The highest BCUT2D eigenvalue weighted by Gasteiger charge is 2.31. The van der Waals surface area contributed by atoms with E-state index in [9.17, 15) is 0 Å². The number of likely N-dealkylation sites (tertiary alicyclic amines) is 1. The number of methoxy groups -OCH3 is 1. The average Bonchev–Trinajstić information content (AvgIpc) is 2.78. The van der Waals surface area contributed by atoms with Crippen LogP contribution < -0.4 is 5.32 Å². The minimum absolute atomic E-state index is 0.757. The number of ether oxygens (including phenoxy) is 1. The van der Waals surface area contributed by atoms with Crippen LogP contribution in [0.2, 0.25) is 0 Å². The Hall–Kier alpha value is -0.120. The molecule has 3 atom stereocenters. The molecule has 1 heterocycles. The van der Waals surface area contributed by atoms with E-state index in [4.69, 9.17) is 4.74 Å². The largest absolute Gasteiger partial charge is 0.384 e. The summed E-state index contributed by atoms with van der Waals surface area (Å²) in [4.78, 5) is 2.71. The van der Waals surface area contributed by atoms with Crippen molar-refractivity contribution in [2.24, 2.45) is 5.92 Å². The van der Waals surface area contributed by atoms with Gasteiger partial charge in [-0.2, -0.15) is 0 Å². The molecule has 2 fully saturated rings. The molecule has 16 heavy (non-hydrogen) atoms. The summed E-state index contributed by atoms with van der Waals surface area (Å²) in [6.07, 6.45) is 6.79. The number of hydrogen-bond acceptors (Lipinski definition) is 3. The molecule has 1 aliphatic carbocycles. The van der Waals surface area contributed by atoms with E-state index >= 15 is 0 Å². The lowest BCUT2D eigenvalue weighted by molar-refractivity contribution is 0.0690. The van der Waals surface area contributed by atoms with Gasteiger partial charge < -0.3 is 10.1 Å². The minimum Gasteiger partial charge on any atom is -0.384 e. The van der Waals surface area contributed by atoms with E-state index in [1.165, 1.54) is 45.2 Å². The molecule has 2 aliphatic rings. The van der Waals surface area contributed by atoms with Gasteiger partial charge in [-0.05, 0) is 51.6 Å². The maximum atomic E-state index is 5.30. The number of nitrogens with one attached hydrogen (secondary N) is 1. The first-order valence-electron chi connectivity index (χ1n) is 6.73. The SMILES string of the molecule is CNC1CCC(N2CCCC(COC)C2)C1. The van der Waals surface area contributed by atoms with E-state index in [2.05, 4.69) is 17.3 Å². The normalized spacial score (nSPS) is 36.8. The van der Waals surface area contributed by atoms with Crippen molar-refractivity contribution in [1.82, 2.24) is 10.2 Å². The molecular formula is C13H26N2O. The molecule has 0 aromatic rings. The Kier molecular flexibility index (Phi) is 4.62. The number of piperidine rings is 1. The summed E-state index contributed by atoms with van der Waals surface area (Å²) >= 11 is 0. The molecule has 0 amide bonds. The summed E-state index contributed by atoms with van der Waals surface area (Å²) in [6.45, 7) is 3.51. The first kappa shape index (κ1) is 12.3. The zero-order valence-electron chi connectivity index (χ0n) is 10.7. The van der Waals surface area contributed by atoms with Crippen molar-refractivity contribution >= 4 is 0 Å². The third-order valence-corrected chi connectivity index (χ3v) is 4.28. The van der Waals surface area contributed by atoms with Gasteiger partial charge in [0.1, 0.15) is 0 Å².